The second-order valence-corrected chi connectivity index (χ2v) is 12.4. The van der Waals surface area contributed by atoms with Crippen molar-refractivity contribution in [1.82, 2.24) is 31.4 Å². The number of imide groups is 1. The summed E-state index contributed by atoms with van der Waals surface area (Å²) in [5.74, 6) is -1.96. The molecule has 3 aromatic rings. The minimum absolute atomic E-state index is 0.0441. The predicted molar refractivity (Wildman–Crippen MR) is 184 cm³/mol. The zero-order valence-corrected chi connectivity index (χ0v) is 27.4. The number of nitrogens with one attached hydrogen (secondary N) is 5. The molecule has 0 saturated carbocycles. The van der Waals surface area contributed by atoms with Gasteiger partial charge in [0.2, 0.25) is 17.7 Å². The average Bonchev–Trinajstić information content (AvgIpc) is 3.50. The van der Waals surface area contributed by atoms with Gasteiger partial charge in [-0.3, -0.25) is 24.5 Å². The van der Waals surface area contributed by atoms with Crippen molar-refractivity contribution >= 4 is 37.6 Å². The maximum Gasteiger partial charge on any atom is 0.321 e. The lowest BCUT2D eigenvalue weighted by Gasteiger charge is -2.33. The summed E-state index contributed by atoms with van der Waals surface area (Å²) in [7, 11) is 1.68. The molecule has 2 aliphatic heterocycles. The van der Waals surface area contributed by atoms with Crippen LogP contribution in [-0.4, -0.2) is 73.3 Å². The molecular weight excluding hydrogens is 607 g/mol. The van der Waals surface area contributed by atoms with Gasteiger partial charge in [0.1, 0.15) is 12.1 Å². The van der Waals surface area contributed by atoms with E-state index in [1.54, 1.807) is 43.2 Å². The van der Waals surface area contributed by atoms with Crippen molar-refractivity contribution in [2.75, 3.05) is 6.54 Å². The molecule has 0 aromatic heterocycles. The zero-order chi connectivity index (χ0) is 34.0. The molecule has 2 aliphatic rings. The number of urea groups is 1. The van der Waals surface area contributed by atoms with E-state index in [2.05, 4.69) is 26.5 Å². The third-order valence-corrected chi connectivity index (χ3v) is 9.38. The number of carbonyl (C=O) groups is 5. The van der Waals surface area contributed by atoms with Crippen LogP contribution < -0.4 is 26.5 Å². The molecule has 0 bridgehead atoms. The average molecular weight is 651 g/mol. The van der Waals surface area contributed by atoms with Crippen LogP contribution in [-0.2, 0) is 14.4 Å². The zero-order valence-electron chi connectivity index (χ0n) is 27.4. The molecular formula is C36H43BN6O5. The van der Waals surface area contributed by atoms with Crippen LogP contribution in [0.25, 0.3) is 0 Å². The second-order valence-electron chi connectivity index (χ2n) is 12.4. The maximum absolute atomic E-state index is 14.4. The molecule has 0 spiro atoms. The smallest absolute Gasteiger partial charge is 0.321 e. The summed E-state index contributed by atoms with van der Waals surface area (Å²) in [6, 6.07) is 24.3. The molecule has 0 unspecified atom stereocenters. The van der Waals surface area contributed by atoms with Crippen LogP contribution in [0, 0.1) is 5.92 Å². The maximum atomic E-state index is 14.4. The summed E-state index contributed by atoms with van der Waals surface area (Å²) in [5.41, 5.74) is 2.19. The van der Waals surface area contributed by atoms with Crippen molar-refractivity contribution in [3.05, 3.63) is 108 Å². The Morgan fingerprint density at radius 2 is 1.42 bits per heavy atom. The highest BCUT2D eigenvalue weighted by molar-refractivity contribution is 6.07. The highest BCUT2D eigenvalue weighted by atomic mass is 16.2. The van der Waals surface area contributed by atoms with Crippen LogP contribution in [0.1, 0.15) is 66.6 Å². The molecule has 2 saturated heterocycles. The van der Waals surface area contributed by atoms with Crippen LogP contribution in [0.5, 0.6) is 0 Å². The molecule has 11 nitrogen and oxygen atoms in total. The van der Waals surface area contributed by atoms with Gasteiger partial charge >= 0.3 is 6.03 Å². The first-order valence-corrected chi connectivity index (χ1v) is 16.6. The van der Waals surface area contributed by atoms with E-state index in [1.807, 2.05) is 67.6 Å². The van der Waals surface area contributed by atoms with Gasteiger partial charge in [-0.15, -0.1) is 0 Å². The molecule has 250 valence electrons. The SMILES string of the molecule is BN[C@@H](CC)C(=O)N[C@@H]1C(=O)N2[C@@H](CC[C@@H]1CNC(=O)NC(=O)c1ccccc1)CC[C@H]2C(=O)NC(c1ccccc1)c1ccccc1. The molecule has 0 aliphatic carbocycles. The fourth-order valence-electron chi connectivity index (χ4n) is 6.79. The van der Waals surface area contributed by atoms with Gasteiger partial charge in [-0.1, -0.05) is 85.8 Å². The van der Waals surface area contributed by atoms with Crippen LogP contribution >= 0.6 is 0 Å². The summed E-state index contributed by atoms with van der Waals surface area (Å²) >= 11 is 0. The quantitative estimate of drug-likeness (QED) is 0.201. The summed E-state index contributed by atoms with van der Waals surface area (Å²) in [6.07, 6.45) is 2.77. The van der Waals surface area contributed by atoms with Gasteiger partial charge in [0.15, 0.2) is 7.98 Å². The lowest BCUT2D eigenvalue weighted by molar-refractivity contribution is -0.143. The van der Waals surface area contributed by atoms with E-state index in [-0.39, 0.29) is 30.3 Å². The topological polar surface area (TPSA) is 149 Å². The van der Waals surface area contributed by atoms with Crippen molar-refractivity contribution in [2.45, 2.75) is 69.2 Å². The molecule has 5 atom stereocenters. The minimum Gasteiger partial charge on any atom is -0.352 e. The lowest BCUT2D eigenvalue weighted by Crippen LogP contribution is -2.59. The highest BCUT2D eigenvalue weighted by Gasteiger charge is 2.48. The molecule has 12 heteroatoms. The first kappa shape index (κ1) is 34.4. The summed E-state index contributed by atoms with van der Waals surface area (Å²) in [5, 5.41) is 14.2. The van der Waals surface area contributed by atoms with Gasteiger partial charge in [-0.25, -0.2) is 4.79 Å². The van der Waals surface area contributed by atoms with Crippen LogP contribution in [0.3, 0.4) is 0 Å². The molecule has 3 aromatic carbocycles. The molecule has 6 amide bonds. The standard InChI is InChI=1S/C36H43BN6O5/c1-2-28(42-37)33(45)40-31-26(22-38-36(48)41-32(44)25-16-10-5-11-17-25)18-19-27-20-21-29(43(27)35(31)47)34(46)39-30(23-12-6-3-7-13-23)24-14-8-4-9-15-24/h3-17,26-31,42H,2,18-22,37H2,1H3,(H,39,46)(H,40,45)(H2,38,41,44,48)/t26-,27+,28+,29+,31+/m1/s1. The predicted octanol–water partition coefficient (Wildman–Crippen LogP) is 2.20. The molecule has 2 fully saturated rings. The van der Waals surface area contributed by atoms with E-state index in [4.69, 9.17) is 0 Å². The normalized spacial score (nSPS) is 21.0. The van der Waals surface area contributed by atoms with Crippen molar-refractivity contribution < 1.29 is 24.0 Å². The van der Waals surface area contributed by atoms with Gasteiger partial charge in [0.05, 0.1) is 12.1 Å². The Kier molecular flexibility index (Phi) is 11.6. The van der Waals surface area contributed by atoms with Gasteiger partial charge in [0.25, 0.3) is 5.91 Å². The Hall–Kier alpha value is -4.97. The number of hydrogen-bond acceptors (Lipinski definition) is 6. The van der Waals surface area contributed by atoms with E-state index in [0.717, 1.165) is 11.1 Å². The van der Waals surface area contributed by atoms with Gasteiger partial charge in [-0.2, -0.15) is 0 Å². The number of nitrogens with zero attached hydrogens (tertiary/aromatic N) is 1. The molecule has 5 N–H and O–H groups in total. The molecule has 48 heavy (non-hydrogen) atoms. The number of carbonyl (C=O) groups excluding carboxylic acids is 5. The number of rotatable bonds is 11. The van der Waals surface area contributed by atoms with Crippen LogP contribution in [0.15, 0.2) is 91.0 Å². The Bertz CT molecular complexity index is 1530. The highest BCUT2D eigenvalue weighted by Crippen LogP contribution is 2.35. The largest absolute Gasteiger partial charge is 0.352 e. The van der Waals surface area contributed by atoms with Crippen molar-refractivity contribution in [3.8, 4) is 0 Å². The summed E-state index contributed by atoms with van der Waals surface area (Å²) in [6.45, 7) is 1.91. The van der Waals surface area contributed by atoms with Crippen LogP contribution in [0.2, 0.25) is 0 Å². The van der Waals surface area contributed by atoms with E-state index >= 15 is 0 Å². The first-order chi connectivity index (χ1) is 23.3. The molecule has 2 heterocycles. The van der Waals surface area contributed by atoms with Gasteiger partial charge < -0.3 is 26.1 Å². The lowest BCUT2D eigenvalue weighted by atomic mass is 9.92. The fourth-order valence-corrected chi connectivity index (χ4v) is 6.79. The Morgan fingerprint density at radius 3 is 2.00 bits per heavy atom. The van der Waals surface area contributed by atoms with Gasteiger partial charge in [-0.05, 0) is 55.4 Å². The minimum atomic E-state index is -0.984. The molecule has 0 radical (unpaired) electrons. The van der Waals surface area contributed by atoms with Crippen molar-refractivity contribution in [2.24, 2.45) is 5.92 Å². The monoisotopic (exact) mass is 650 g/mol. The third-order valence-electron chi connectivity index (χ3n) is 9.38. The number of benzene rings is 3. The van der Waals surface area contributed by atoms with E-state index in [9.17, 15) is 24.0 Å². The first-order valence-electron chi connectivity index (χ1n) is 16.6. The van der Waals surface area contributed by atoms with Crippen LogP contribution in [0.4, 0.5) is 4.79 Å². The van der Waals surface area contributed by atoms with E-state index < -0.39 is 42.0 Å². The Labute approximate surface area is 282 Å². The fraction of sp³-hybridized carbons (Fsp3) is 0.361. The summed E-state index contributed by atoms with van der Waals surface area (Å²) < 4.78 is 0. The molecule has 5 rings (SSSR count). The third kappa shape index (κ3) is 8.11. The second kappa shape index (κ2) is 16.2. The number of amides is 6. The number of hydrogen-bond donors (Lipinski definition) is 5. The van der Waals surface area contributed by atoms with Crippen molar-refractivity contribution in [3.63, 3.8) is 0 Å². The Morgan fingerprint density at radius 1 is 0.833 bits per heavy atom. The van der Waals surface area contributed by atoms with E-state index in [0.29, 0.717) is 37.7 Å². The Balaban J connectivity index is 1.34. The van der Waals surface area contributed by atoms with Gasteiger partial charge in [0, 0.05) is 24.1 Å². The number of fused-ring (bicyclic) bond motifs is 1. The summed E-state index contributed by atoms with van der Waals surface area (Å²) in [4.78, 5) is 68.8. The van der Waals surface area contributed by atoms with Crippen molar-refractivity contribution in [1.29, 1.82) is 0 Å². The van der Waals surface area contributed by atoms with E-state index in [1.165, 1.54) is 0 Å².